The second kappa shape index (κ2) is 8.83. The zero-order valence-electron chi connectivity index (χ0n) is 17.4. The molecule has 1 aliphatic rings. The first-order chi connectivity index (χ1) is 15.0. The summed E-state index contributed by atoms with van der Waals surface area (Å²) in [6.07, 6.45) is 1.85. The van der Waals surface area contributed by atoms with Gasteiger partial charge in [-0.2, -0.15) is 0 Å². The van der Waals surface area contributed by atoms with Crippen LogP contribution >= 0.6 is 0 Å². The summed E-state index contributed by atoms with van der Waals surface area (Å²) < 4.78 is 6.96. The number of carbonyl (C=O) groups excluding carboxylic acids is 2. The molecule has 0 bridgehead atoms. The van der Waals surface area contributed by atoms with E-state index < -0.39 is 12.1 Å². The molecule has 1 heterocycles. The lowest BCUT2D eigenvalue weighted by atomic mass is 9.99. The molecule has 2 N–H and O–H groups in total. The van der Waals surface area contributed by atoms with Gasteiger partial charge in [-0.1, -0.05) is 48.0 Å². The van der Waals surface area contributed by atoms with E-state index in [9.17, 15) is 9.59 Å². The standard InChI is InChI=1S/C25H23N3O3/c1-17-8-12-20(13-9-17)24(29)26-22-23(19-6-4-3-5-7-19)28(27-25(22)30)16-18-10-14-21(31-2)15-11-18/h3-16,22-23H,1-2H3,(H-,26,27,29,30)/p+1/b28-16-/t22-,23-/m1/s1. The second-order valence-electron chi connectivity index (χ2n) is 7.46. The van der Waals surface area contributed by atoms with Crippen molar-refractivity contribution in [2.45, 2.75) is 19.0 Å². The first kappa shape index (κ1) is 20.3. The van der Waals surface area contributed by atoms with Crippen LogP contribution in [-0.4, -0.2) is 35.9 Å². The van der Waals surface area contributed by atoms with Gasteiger partial charge in [-0.05, 0) is 43.3 Å². The Kier molecular flexibility index (Phi) is 5.80. The molecule has 6 nitrogen and oxygen atoms in total. The van der Waals surface area contributed by atoms with Gasteiger partial charge < -0.3 is 10.1 Å². The van der Waals surface area contributed by atoms with E-state index in [-0.39, 0.29) is 11.8 Å². The highest BCUT2D eigenvalue weighted by Crippen LogP contribution is 2.25. The van der Waals surface area contributed by atoms with Gasteiger partial charge in [-0.25, -0.2) is 0 Å². The average Bonchev–Trinajstić information content (AvgIpc) is 3.09. The van der Waals surface area contributed by atoms with Gasteiger partial charge in [0.2, 0.25) is 12.3 Å². The molecule has 3 aromatic carbocycles. The first-order valence-electron chi connectivity index (χ1n) is 10.1. The number of benzene rings is 3. The molecule has 3 aromatic rings. The largest absolute Gasteiger partial charge is 0.497 e. The predicted octanol–water partition coefficient (Wildman–Crippen LogP) is 3.02. The van der Waals surface area contributed by atoms with Crippen molar-refractivity contribution in [3.05, 3.63) is 101 Å². The Labute approximate surface area is 181 Å². The van der Waals surface area contributed by atoms with Crippen molar-refractivity contribution in [2.75, 3.05) is 7.11 Å². The molecule has 0 radical (unpaired) electrons. The van der Waals surface area contributed by atoms with Crippen LogP contribution in [0.2, 0.25) is 0 Å². The first-order valence-corrected chi connectivity index (χ1v) is 10.1. The Balaban J connectivity index is 1.66. The molecule has 2 atom stereocenters. The van der Waals surface area contributed by atoms with Crippen LogP contribution in [0.25, 0.3) is 0 Å². The zero-order valence-corrected chi connectivity index (χ0v) is 17.4. The van der Waals surface area contributed by atoms with E-state index in [0.717, 1.165) is 22.4 Å². The van der Waals surface area contributed by atoms with Gasteiger partial charge in [-0.15, -0.1) is 10.1 Å². The summed E-state index contributed by atoms with van der Waals surface area (Å²) in [5.41, 5.74) is 6.28. The number of aryl methyl sites for hydroxylation is 1. The highest BCUT2D eigenvalue weighted by Gasteiger charge is 2.47. The van der Waals surface area contributed by atoms with Gasteiger partial charge in [0.15, 0.2) is 6.04 Å². The SMILES string of the molecule is COc1ccc(/C=[N+]2\NC(=O)[C@H](NC(=O)c3ccc(C)cc3)[C@H]2c2ccccc2)cc1. The molecule has 6 heteroatoms. The number of rotatable bonds is 5. The van der Waals surface area contributed by atoms with Crippen LogP contribution < -0.4 is 15.5 Å². The van der Waals surface area contributed by atoms with Crippen molar-refractivity contribution >= 4 is 18.0 Å². The van der Waals surface area contributed by atoms with Gasteiger partial charge in [0, 0.05) is 16.7 Å². The number of hydrazine groups is 1. The highest BCUT2D eigenvalue weighted by molar-refractivity contribution is 5.98. The molecule has 0 aliphatic carbocycles. The Morgan fingerprint density at radius 3 is 2.32 bits per heavy atom. The fourth-order valence-electron chi connectivity index (χ4n) is 3.61. The molecule has 0 saturated carbocycles. The number of nitrogens with zero attached hydrogens (tertiary/aromatic N) is 1. The van der Waals surface area contributed by atoms with Crippen molar-refractivity contribution < 1.29 is 19.0 Å². The van der Waals surface area contributed by atoms with E-state index in [2.05, 4.69) is 10.7 Å². The third kappa shape index (κ3) is 4.48. The lowest BCUT2D eigenvalue weighted by Gasteiger charge is -2.14. The number of ether oxygens (including phenoxy) is 1. The molecule has 1 aliphatic heterocycles. The number of hydrazone groups is 1. The maximum atomic E-state index is 12.9. The number of amides is 2. The van der Waals surface area contributed by atoms with E-state index in [1.807, 2.05) is 79.9 Å². The van der Waals surface area contributed by atoms with Gasteiger partial charge in [0.05, 0.1) is 7.11 Å². The molecule has 31 heavy (non-hydrogen) atoms. The van der Waals surface area contributed by atoms with Crippen LogP contribution in [0.4, 0.5) is 0 Å². The fourth-order valence-corrected chi connectivity index (χ4v) is 3.61. The van der Waals surface area contributed by atoms with Crippen molar-refractivity contribution in [1.29, 1.82) is 0 Å². The molecule has 1 saturated heterocycles. The summed E-state index contributed by atoms with van der Waals surface area (Å²) in [5, 5.41) is 2.91. The van der Waals surface area contributed by atoms with Gasteiger partial charge in [0.1, 0.15) is 5.75 Å². The third-order valence-corrected chi connectivity index (χ3v) is 5.28. The summed E-state index contributed by atoms with van der Waals surface area (Å²) in [7, 11) is 1.62. The minimum Gasteiger partial charge on any atom is -0.497 e. The Morgan fingerprint density at radius 2 is 1.68 bits per heavy atom. The molecule has 2 amide bonds. The molecule has 156 valence electrons. The number of hydrogen-bond acceptors (Lipinski definition) is 3. The fraction of sp³-hybridized carbons (Fsp3) is 0.160. The lowest BCUT2D eigenvalue weighted by molar-refractivity contribution is -0.596. The van der Waals surface area contributed by atoms with Gasteiger partial charge in [-0.3, -0.25) is 9.59 Å². The maximum Gasteiger partial charge on any atom is 0.304 e. The Bertz CT molecular complexity index is 1110. The van der Waals surface area contributed by atoms with Gasteiger partial charge >= 0.3 is 5.91 Å². The van der Waals surface area contributed by atoms with Crippen LogP contribution in [0.5, 0.6) is 5.75 Å². The average molecular weight is 414 g/mol. The van der Waals surface area contributed by atoms with Crippen molar-refractivity contribution in [1.82, 2.24) is 10.7 Å². The minimum absolute atomic E-state index is 0.265. The second-order valence-corrected chi connectivity index (χ2v) is 7.46. The monoisotopic (exact) mass is 414 g/mol. The topological polar surface area (TPSA) is 70.4 Å². The number of carbonyl (C=O) groups is 2. The van der Waals surface area contributed by atoms with E-state index in [4.69, 9.17) is 4.74 Å². The Hall–Kier alpha value is -3.93. The lowest BCUT2D eigenvalue weighted by Crippen LogP contribution is -2.42. The van der Waals surface area contributed by atoms with Crippen molar-refractivity contribution in [2.24, 2.45) is 0 Å². The van der Waals surface area contributed by atoms with E-state index in [1.54, 1.807) is 23.9 Å². The van der Waals surface area contributed by atoms with Crippen LogP contribution in [0.1, 0.15) is 33.1 Å². The predicted molar refractivity (Wildman–Crippen MR) is 118 cm³/mol. The normalized spacial score (nSPS) is 19.2. The number of nitrogens with one attached hydrogen (secondary N) is 2. The molecule has 1 fully saturated rings. The third-order valence-electron chi connectivity index (χ3n) is 5.28. The quantitative estimate of drug-likeness (QED) is 0.631. The molecule has 0 aromatic heterocycles. The molecule has 4 rings (SSSR count). The minimum atomic E-state index is -0.745. The summed E-state index contributed by atoms with van der Waals surface area (Å²) in [4.78, 5) is 25.7. The Morgan fingerprint density at radius 1 is 1.00 bits per heavy atom. The van der Waals surface area contributed by atoms with Crippen LogP contribution in [0.15, 0.2) is 78.9 Å². The summed E-state index contributed by atoms with van der Waals surface area (Å²) >= 11 is 0. The van der Waals surface area contributed by atoms with Crippen molar-refractivity contribution in [3.63, 3.8) is 0 Å². The van der Waals surface area contributed by atoms with E-state index >= 15 is 0 Å². The molecular formula is C25H24N3O3+. The summed E-state index contributed by atoms with van der Waals surface area (Å²) in [5.74, 6) is 0.205. The molecular weight excluding hydrogens is 390 g/mol. The van der Waals surface area contributed by atoms with Gasteiger partial charge in [0.25, 0.3) is 5.91 Å². The molecule has 0 spiro atoms. The zero-order chi connectivity index (χ0) is 21.8. The van der Waals surface area contributed by atoms with E-state index in [0.29, 0.717) is 5.56 Å². The van der Waals surface area contributed by atoms with Crippen LogP contribution in [-0.2, 0) is 4.79 Å². The summed E-state index contributed by atoms with van der Waals surface area (Å²) in [6, 6.07) is 23.3. The molecule has 0 unspecified atom stereocenters. The smallest absolute Gasteiger partial charge is 0.304 e. The van der Waals surface area contributed by atoms with Crippen LogP contribution in [0.3, 0.4) is 0 Å². The maximum absolute atomic E-state index is 12.9. The number of methoxy groups -OCH3 is 1. The highest BCUT2D eigenvalue weighted by atomic mass is 16.5. The van der Waals surface area contributed by atoms with Crippen molar-refractivity contribution in [3.8, 4) is 5.75 Å². The van der Waals surface area contributed by atoms with E-state index in [1.165, 1.54) is 0 Å². The van der Waals surface area contributed by atoms with Crippen LogP contribution in [0, 0.1) is 6.92 Å². The number of hydrogen-bond donors (Lipinski definition) is 2. The summed E-state index contributed by atoms with van der Waals surface area (Å²) in [6.45, 7) is 1.96.